The van der Waals surface area contributed by atoms with Crippen LogP contribution in [-0.2, 0) is 4.79 Å². The average Bonchev–Trinajstić information content (AvgIpc) is 1.98. The van der Waals surface area contributed by atoms with Crippen LogP contribution in [0.1, 0.15) is 20.8 Å². The van der Waals surface area contributed by atoms with Gasteiger partial charge in [-0.25, -0.2) is 0 Å². The van der Waals surface area contributed by atoms with Crippen molar-refractivity contribution in [2.24, 2.45) is 5.92 Å². The maximum Gasteiger partial charge on any atom is 0.217 e. The Hall–Kier alpha value is -0.440. The van der Waals surface area contributed by atoms with Gasteiger partial charge in [0, 0.05) is 12.7 Å². The van der Waals surface area contributed by atoms with Crippen LogP contribution in [0.3, 0.4) is 0 Å². The van der Waals surface area contributed by atoms with Gasteiger partial charge in [-0.3, -0.25) is 4.79 Å². The lowest BCUT2D eigenvalue weighted by Gasteiger charge is -2.20. The van der Waals surface area contributed by atoms with Gasteiger partial charge in [-0.15, -0.1) is 0 Å². The van der Waals surface area contributed by atoms with Gasteiger partial charge in [-0.1, -0.05) is 26.0 Å². The second-order valence-electron chi connectivity index (χ2n) is 3.17. The predicted molar refractivity (Wildman–Crippen MR) is 55.4 cm³/mol. The van der Waals surface area contributed by atoms with E-state index >= 15 is 0 Å². The molecule has 1 atom stereocenters. The third-order valence-electron chi connectivity index (χ3n) is 1.75. The van der Waals surface area contributed by atoms with Gasteiger partial charge in [-0.05, 0) is 5.92 Å². The number of rotatable bonds is 4. The van der Waals surface area contributed by atoms with Crippen molar-refractivity contribution in [3.8, 4) is 0 Å². The van der Waals surface area contributed by atoms with E-state index in [0.717, 1.165) is 5.57 Å². The van der Waals surface area contributed by atoms with Crippen LogP contribution in [0.5, 0.6) is 0 Å². The van der Waals surface area contributed by atoms with E-state index < -0.39 is 0 Å². The van der Waals surface area contributed by atoms with Crippen molar-refractivity contribution in [2.45, 2.75) is 26.8 Å². The molecule has 1 N–H and O–H groups in total. The summed E-state index contributed by atoms with van der Waals surface area (Å²) < 4.78 is 0. The van der Waals surface area contributed by atoms with E-state index in [-0.39, 0.29) is 11.9 Å². The Morgan fingerprint density at radius 2 is 2.08 bits per heavy atom. The highest BCUT2D eigenvalue weighted by molar-refractivity contribution is 7.80. The molecule has 0 aromatic carbocycles. The Morgan fingerprint density at radius 1 is 1.58 bits per heavy atom. The molecule has 0 saturated heterocycles. The lowest BCUT2D eigenvalue weighted by atomic mass is 9.99. The largest absolute Gasteiger partial charge is 0.349 e. The minimum Gasteiger partial charge on any atom is -0.349 e. The van der Waals surface area contributed by atoms with Gasteiger partial charge < -0.3 is 5.32 Å². The van der Waals surface area contributed by atoms with Crippen LogP contribution in [0.2, 0.25) is 0 Å². The van der Waals surface area contributed by atoms with E-state index in [1.165, 1.54) is 6.92 Å². The molecule has 0 saturated carbocycles. The zero-order chi connectivity index (χ0) is 9.72. The van der Waals surface area contributed by atoms with Gasteiger partial charge >= 0.3 is 0 Å². The first kappa shape index (κ1) is 11.6. The smallest absolute Gasteiger partial charge is 0.217 e. The highest BCUT2D eigenvalue weighted by Gasteiger charge is 2.13. The molecule has 0 bridgehead atoms. The molecule has 0 aliphatic rings. The summed E-state index contributed by atoms with van der Waals surface area (Å²) in [7, 11) is 0. The van der Waals surface area contributed by atoms with Crippen LogP contribution in [-0.4, -0.2) is 17.7 Å². The lowest BCUT2D eigenvalue weighted by Crippen LogP contribution is -2.37. The summed E-state index contributed by atoms with van der Waals surface area (Å²) in [6.45, 7) is 9.53. The van der Waals surface area contributed by atoms with Gasteiger partial charge in [0.25, 0.3) is 0 Å². The Bertz CT molecular complexity index is 177. The van der Waals surface area contributed by atoms with Crippen LogP contribution in [0, 0.1) is 5.92 Å². The fourth-order valence-electron chi connectivity index (χ4n) is 0.903. The van der Waals surface area contributed by atoms with E-state index in [9.17, 15) is 4.79 Å². The standard InChI is InChI=1S/C9H17NOS/c1-6(2)7(3)9(5-12)10-8(4)11/h6,9,12H,3,5H2,1-2,4H3,(H,10,11)/t9-/m0/s1. The number of carbonyl (C=O) groups is 1. The molecule has 0 heterocycles. The minimum absolute atomic E-state index is 0.00540. The second kappa shape index (κ2) is 5.25. The third-order valence-corrected chi connectivity index (χ3v) is 2.11. The van der Waals surface area contributed by atoms with Gasteiger partial charge in [0.15, 0.2) is 0 Å². The molecular formula is C9H17NOS. The summed E-state index contributed by atoms with van der Waals surface area (Å²) in [6.07, 6.45) is 0. The minimum atomic E-state index is -0.0316. The quantitative estimate of drug-likeness (QED) is 0.508. The Balaban J connectivity index is 4.15. The second-order valence-corrected chi connectivity index (χ2v) is 3.53. The van der Waals surface area contributed by atoms with Crippen LogP contribution in [0.25, 0.3) is 0 Å². The molecule has 2 nitrogen and oxygen atoms in total. The molecule has 3 heteroatoms. The van der Waals surface area contributed by atoms with Crippen LogP contribution < -0.4 is 5.32 Å². The highest BCUT2D eigenvalue weighted by Crippen LogP contribution is 2.12. The monoisotopic (exact) mass is 187 g/mol. The molecular weight excluding hydrogens is 170 g/mol. The molecule has 0 fully saturated rings. The molecule has 0 radical (unpaired) electrons. The SMILES string of the molecule is C=C(C(C)C)[C@H](CS)NC(C)=O. The Kier molecular flexibility index (Phi) is 5.06. The van der Waals surface area contributed by atoms with Crippen molar-refractivity contribution >= 4 is 18.5 Å². The van der Waals surface area contributed by atoms with E-state index in [1.54, 1.807) is 0 Å². The van der Waals surface area contributed by atoms with Crippen molar-refractivity contribution in [1.29, 1.82) is 0 Å². The van der Waals surface area contributed by atoms with E-state index in [4.69, 9.17) is 0 Å². The molecule has 0 aliphatic carbocycles. The Labute approximate surface area is 79.8 Å². The zero-order valence-corrected chi connectivity index (χ0v) is 8.82. The molecule has 0 unspecified atom stereocenters. The van der Waals surface area contributed by atoms with Crippen molar-refractivity contribution < 1.29 is 4.79 Å². The molecule has 0 aromatic heterocycles. The fourth-order valence-corrected chi connectivity index (χ4v) is 1.23. The molecule has 0 rings (SSSR count). The first-order valence-electron chi connectivity index (χ1n) is 4.05. The summed E-state index contributed by atoms with van der Waals surface area (Å²) in [4.78, 5) is 10.8. The van der Waals surface area contributed by atoms with Gasteiger partial charge in [0.2, 0.25) is 5.91 Å². The molecule has 12 heavy (non-hydrogen) atoms. The van der Waals surface area contributed by atoms with Gasteiger partial charge in [-0.2, -0.15) is 12.6 Å². The normalized spacial score (nSPS) is 12.8. The molecule has 0 aromatic rings. The number of amides is 1. The predicted octanol–water partition coefficient (Wildman–Crippen LogP) is 1.63. The highest BCUT2D eigenvalue weighted by atomic mass is 32.1. The fraction of sp³-hybridized carbons (Fsp3) is 0.667. The average molecular weight is 187 g/mol. The number of hydrogen-bond acceptors (Lipinski definition) is 2. The molecule has 70 valence electrons. The zero-order valence-electron chi connectivity index (χ0n) is 7.92. The summed E-state index contributed by atoms with van der Waals surface area (Å²) in [5, 5.41) is 2.80. The molecule has 1 amide bonds. The Morgan fingerprint density at radius 3 is 2.33 bits per heavy atom. The van der Waals surface area contributed by atoms with E-state index in [0.29, 0.717) is 11.7 Å². The van der Waals surface area contributed by atoms with Crippen LogP contribution >= 0.6 is 12.6 Å². The van der Waals surface area contributed by atoms with E-state index in [1.807, 2.05) is 0 Å². The number of hydrogen-bond donors (Lipinski definition) is 2. The van der Waals surface area contributed by atoms with Gasteiger partial charge in [0.05, 0.1) is 6.04 Å². The number of nitrogens with one attached hydrogen (secondary N) is 1. The van der Waals surface area contributed by atoms with Crippen LogP contribution in [0.4, 0.5) is 0 Å². The van der Waals surface area contributed by atoms with Crippen molar-refractivity contribution in [2.75, 3.05) is 5.75 Å². The topological polar surface area (TPSA) is 29.1 Å². The maximum absolute atomic E-state index is 10.8. The molecule has 0 spiro atoms. The summed E-state index contributed by atoms with van der Waals surface area (Å²) in [6, 6.07) is 0.00540. The van der Waals surface area contributed by atoms with E-state index in [2.05, 4.69) is 38.4 Å². The number of carbonyl (C=O) groups excluding carboxylic acids is 1. The first-order chi connectivity index (χ1) is 5.49. The number of thiol groups is 1. The maximum atomic E-state index is 10.8. The van der Waals surface area contributed by atoms with Crippen molar-refractivity contribution in [3.63, 3.8) is 0 Å². The first-order valence-corrected chi connectivity index (χ1v) is 4.69. The summed E-state index contributed by atoms with van der Waals surface area (Å²) >= 11 is 4.15. The van der Waals surface area contributed by atoms with Crippen molar-refractivity contribution in [1.82, 2.24) is 5.32 Å². The molecule has 0 aliphatic heterocycles. The third kappa shape index (κ3) is 3.81. The summed E-state index contributed by atoms with van der Waals surface area (Å²) in [5.41, 5.74) is 1.03. The summed E-state index contributed by atoms with van der Waals surface area (Å²) in [5.74, 6) is 0.959. The van der Waals surface area contributed by atoms with Gasteiger partial charge in [0.1, 0.15) is 0 Å². The van der Waals surface area contributed by atoms with Crippen LogP contribution in [0.15, 0.2) is 12.2 Å². The lowest BCUT2D eigenvalue weighted by molar-refractivity contribution is -0.119. The van der Waals surface area contributed by atoms with Crippen molar-refractivity contribution in [3.05, 3.63) is 12.2 Å².